The number of halogens is 1. The van der Waals surface area contributed by atoms with Crippen molar-refractivity contribution in [2.45, 2.75) is 13.8 Å². The number of aromatic amines is 1. The summed E-state index contributed by atoms with van der Waals surface area (Å²) in [5.41, 5.74) is 9.41. The molecule has 5 N–H and O–H groups in total. The van der Waals surface area contributed by atoms with Crippen LogP contribution in [0.1, 0.15) is 32.9 Å². The van der Waals surface area contributed by atoms with Crippen molar-refractivity contribution >= 4 is 29.2 Å². The highest BCUT2D eigenvalue weighted by atomic mass is 19.1. The summed E-state index contributed by atoms with van der Waals surface area (Å²) in [5.74, 6) is -0.938. The van der Waals surface area contributed by atoms with E-state index in [0.717, 1.165) is 5.56 Å². The van der Waals surface area contributed by atoms with Gasteiger partial charge in [-0.2, -0.15) is 0 Å². The molecule has 25 heavy (non-hydrogen) atoms. The largest absolute Gasteiger partial charge is 0.358 e. The number of nitrogens with two attached hydrogens (primary N) is 1. The number of hydrogen-bond acceptors (Lipinski definition) is 3. The summed E-state index contributed by atoms with van der Waals surface area (Å²) in [6.45, 7) is 4.32. The Kier molecular flexibility index (Phi) is 4.41. The Morgan fingerprint density at radius 1 is 1.36 bits per heavy atom. The van der Waals surface area contributed by atoms with Gasteiger partial charge in [-0.1, -0.05) is 0 Å². The van der Waals surface area contributed by atoms with Gasteiger partial charge in [0.05, 0.1) is 11.1 Å². The van der Waals surface area contributed by atoms with E-state index in [9.17, 15) is 14.0 Å². The SMILES string of the molecule is Cc1[nH]c(C=C2C(=O)Nc3ccc(F)cc32)c(C)c1C(=O)NCCN. The van der Waals surface area contributed by atoms with E-state index in [0.29, 0.717) is 46.9 Å². The summed E-state index contributed by atoms with van der Waals surface area (Å²) in [7, 11) is 0. The molecular weight excluding hydrogens is 323 g/mol. The van der Waals surface area contributed by atoms with Crippen LogP contribution in [0.4, 0.5) is 10.1 Å². The number of nitrogens with one attached hydrogen (secondary N) is 3. The molecule has 0 atom stereocenters. The highest BCUT2D eigenvalue weighted by Crippen LogP contribution is 2.34. The molecule has 1 aromatic heterocycles. The normalized spacial score (nSPS) is 14.6. The van der Waals surface area contributed by atoms with Gasteiger partial charge in [0, 0.05) is 35.7 Å². The summed E-state index contributed by atoms with van der Waals surface area (Å²) >= 11 is 0. The minimum absolute atomic E-state index is 0.219. The van der Waals surface area contributed by atoms with Crippen molar-refractivity contribution < 1.29 is 14.0 Å². The number of amides is 2. The summed E-state index contributed by atoms with van der Waals surface area (Å²) < 4.78 is 13.5. The highest BCUT2D eigenvalue weighted by Gasteiger charge is 2.26. The molecule has 2 heterocycles. The Hall–Kier alpha value is -2.93. The van der Waals surface area contributed by atoms with Crippen LogP contribution in [0.3, 0.4) is 0 Å². The van der Waals surface area contributed by atoms with Crippen LogP contribution < -0.4 is 16.4 Å². The van der Waals surface area contributed by atoms with E-state index in [1.165, 1.54) is 18.2 Å². The van der Waals surface area contributed by atoms with Gasteiger partial charge >= 0.3 is 0 Å². The van der Waals surface area contributed by atoms with Crippen LogP contribution in [-0.4, -0.2) is 29.9 Å². The van der Waals surface area contributed by atoms with Crippen LogP contribution in [0.15, 0.2) is 18.2 Å². The zero-order chi connectivity index (χ0) is 18.1. The van der Waals surface area contributed by atoms with E-state index < -0.39 is 5.82 Å². The predicted molar refractivity (Wildman–Crippen MR) is 94.6 cm³/mol. The van der Waals surface area contributed by atoms with Gasteiger partial charge in [0.2, 0.25) is 0 Å². The maximum absolute atomic E-state index is 13.5. The monoisotopic (exact) mass is 342 g/mol. The number of hydrogen-bond donors (Lipinski definition) is 4. The molecule has 0 saturated heterocycles. The number of anilines is 1. The van der Waals surface area contributed by atoms with Crippen molar-refractivity contribution in [2.75, 3.05) is 18.4 Å². The van der Waals surface area contributed by atoms with Crippen molar-refractivity contribution in [2.24, 2.45) is 5.73 Å². The summed E-state index contributed by atoms with van der Waals surface area (Å²) in [6, 6.07) is 4.15. The lowest BCUT2D eigenvalue weighted by Crippen LogP contribution is -2.29. The van der Waals surface area contributed by atoms with Gasteiger partial charge in [-0.3, -0.25) is 9.59 Å². The number of benzene rings is 1. The van der Waals surface area contributed by atoms with Crippen LogP contribution >= 0.6 is 0 Å². The second-order valence-corrected chi connectivity index (χ2v) is 5.91. The Bertz CT molecular complexity index is 899. The van der Waals surface area contributed by atoms with E-state index in [1.54, 1.807) is 19.9 Å². The fourth-order valence-electron chi connectivity index (χ4n) is 2.98. The molecular formula is C18H19FN4O2. The quantitative estimate of drug-likeness (QED) is 0.639. The van der Waals surface area contributed by atoms with Crippen molar-refractivity contribution in [3.63, 3.8) is 0 Å². The first-order chi connectivity index (χ1) is 11.9. The second-order valence-electron chi connectivity index (χ2n) is 5.91. The average molecular weight is 342 g/mol. The molecule has 2 amide bonds. The fraction of sp³-hybridized carbons (Fsp3) is 0.222. The van der Waals surface area contributed by atoms with Crippen molar-refractivity contribution in [1.29, 1.82) is 0 Å². The third-order valence-corrected chi connectivity index (χ3v) is 4.19. The van der Waals surface area contributed by atoms with Crippen molar-refractivity contribution in [1.82, 2.24) is 10.3 Å². The third-order valence-electron chi connectivity index (χ3n) is 4.19. The summed E-state index contributed by atoms with van der Waals surface area (Å²) in [4.78, 5) is 27.6. The molecule has 1 aliphatic rings. The van der Waals surface area contributed by atoms with Gasteiger partial charge in [0.25, 0.3) is 11.8 Å². The maximum Gasteiger partial charge on any atom is 0.256 e. The lowest BCUT2D eigenvalue weighted by Gasteiger charge is -2.04. The molecule has 0 bridgehead atoms. The molecule has 0 unspecified atom stereocenters. The molecule has 0 spiro atoms. The molecule has 6 nitrogen and oxygen atoms in total. The smallest absolute Gasteiger partial charge is 0.256 e. The van der Waals surface area contributed by atoms with Crippen LogP contribution in [0.25, 0.3) is 11.6 Å². The molecule has 3 rings (SSSR count). The lowest BCUT2D eigenvalue weighted by molar-refractivity contribution is -0.110. The van der Waals surface area contributed by atoms with Gasteiger partial charge in [-0.25, -0.2) is 4.39 Å². The van der Waals surface area contributed by atoms with Gasteiger partial charge in [0.15, 0.2) is 0 Å². The number of carbonyl (C=O) groups is 2. The standard InChI is InChI=1S/C18H19FN4O2/c1-9-15(22-10(2)16(9)18(25)21-6-5-20)8-13-12-7-11(19)3-4-14(12)23-17(13)24/h3-4,7-8,22H,5-6,20H2,1-2H3,(H,21,25)(H,23,24). The van der Waals surface area contributed by atoms with Crippen LogP contribution in [-0.2, 0) is 4.79 Å². The molecule has 0 fully saturated rings. The van der Waals surface area contributed by atoms with Crippen LogP contribution in [0, 0.1) is 19.7 Å². The van der Waals surface area contributed by atoms with Gasteiger partial charge in [-0.15, -0.1) is 0 Å². The van der Waals surface area contributed by atoms with Crippen LogP contribution in [0.5, 0.6) is 0 Å². The second kappa shape index (κ2) is 6.52. The summed E-state index contributed by atoms with van der Waals surface area (Å²) in [5, 5.41) is 5.44. The van der Waals surface area contributed by atoms with Crippen molar-refractivity contribution in [3.8, 4) is 0 Å². The number of aromatic nitrogens is 1. The average Bonchev–Trinajstić information content (AvgIpc) is 3.02. The molecule has 0 saturated carbocycles. The Morgan fingerprint density at radius 3 is 2.84 bits per heavy atom. The fourth-order valence-corrected chi connectivity index (χ4v) is 2.98. The molecule has 0 radical (unpaired) electrons. The van der Waals surface area contributed by atoms with Crippen molar-refractivity contribution in [3.05, 3.63) is 52.1 Å². The zero-order valence-electron chi connectivity index (χ0n) is 14.0. The maximum atomic E-state index is 13.5. The number of rotatable bonds is 4. The topological polar surface area (TPSA) is 100 Å². The first-order valence-electron chi connectivity index (χ1n) is 7.92. The number of aryl methyl sites for hydroxylation is 1. The van der Waals surface area contributed by atoms with E-state index in [2.05, 4.69) is 15.6 Å². The Balaban J connectivity index is 2.02. The van der Waals surface area contributed by atoms with E-state index >= 15 is 0 Å². The predicted octanol–water partition coefficient (Wildman–Crippen LogP) is 1.95. The molecule has 0 aliphatic carbocycles. The Morgan fingerprint density at radius 2 is 2.12 bits per heavy atom. The Labute approximate surface area is 144 Å². The van der Waals surface area contributed by atoms with Crippen LogP contribution in [0.2, 0.25) is 0 Å². The minimum Gasteiger partial charge on any atom is -0.358 e. The molecule has 130 valence electrons. The van der Waals surface area contributed by atoms with E-state index in [-0.39, 0.29) is 11.8 Å². The molecule has 7 heteroatoms. The molecule has 1 aliphatic heterocycles. The summed E-state index contributed by atoms with van der Waals surface area (Å²) in [6.07, 6.45) is 1.64. The minimum atomic E-state index is -0.414. The van der Waals surface area contributed by atoms with E-state index in [1.807, 2.05) is 0 Å². The first-order valence-corrected chi connectivity index (χ1v) is 7.92. The highest BCUT2D eigenvalue weighted by molar-refractivity contribution is 6.34. The first kappa shape index (κ1) is 16.9. The van der Waals surface area contributed by atoms with Gasteiger partial charge in [-0.05, 0) is 43.7 Å². The van der Waals surface area contributed by atoms with E-state index in [4.69, 9.17) is 5.73 Å². The molecule has 1 aromatic carbocycles. The lowest BCUT2D eigenvalue weighted by atomic mass is 10.0. The number of carbonyl (C=O) groups excluding carboxylic acids is 2. The third kappa shape index (κ3) is 3.06. The number of H-pyrrole nitrogens is 1. The van der Waals surface area contributed by atoms with Gasteiger partial charge in [0.1, 0.15) is 5.82 Å². The number of fused-ring (bicyclic) bond motifs is 1. The van der Waals surface area contributed by atoms with Gasteiger partial charge < -0.3 is 21.4 Å². The molecule has 2 aromatic rings. The zero-order valence-corrected chi connectivity index (χ0v) is 14.0.